The zero-order chi connectivity index (χ0) is 23.4. The first-order valence-corrected chi connectivity index (χ1v) is 12.4. The molecule has 2 aliphatic heterocycles. The molecule has 7 atom stereocenters. The molecule has 1 aromatic rings. The normalized spacial score (nSPS) is 41.3. The van der Waals surface area contributed by atoms with Crippen LogP contribution < -0.4 is 9.47 Å². The lowest BCUT2D eigenvalue weighted by atomic mass is 9.36. The Balaban J connectivity index is 1.63. The number of fused-ring (bicyclic) bond motifs is 1. The third-order valence-corrected chi connectivity index (χ3v) is 9.82. The van der Waals surface area contributed by atoms with Crippen LogP contribution >= 0.6 is 0 Å². The Morgan fingerprint density at radius 3 is 2.85 bits per heavy atom. The van der Waals surface area contributed by atoms with Crippen LogP contribution in [0.5, 0.6) is 11.5 Å². The molecule has 7 rings (SSSR count). The SMILES string of the molecule is CCC[C@](C)(O)C1C[C@@]23C=CC1(OC)[C@H]1Oc4c(OC(C)=O)ccc5c4[C@@]12CCN(C)[C@@H]3C5. The maximum Gasteiger partial charge on any atom is 0.308 e. The van der Waals surface area contributed by atoms with Crippen molar-refractivity contribution in [3.05, 3.63) is 35.4 Å². The Morgan fingerprint density at radius 2 is 2.15 bits per heavy atom. The van der Waals surface area contributed by atoms with Crippen molar-refractivity contribution >= 4 is 5.97 Å². The average molecular weight is 454 g/mol. The first-order chi connectivity index (χ1) is 15.7. The number of esters is 1. The molecule has 6 aliphatic rings. The van der Waals surface area contributed by atoms with Gasteiger partial charge in [0.2, 0.25) is 0 Å². The number of methoxy groups -OCH3 is 1. The number of rotatable bonds is 5. The molecule has 0 aromatic heterocycles. The van der Waals surface area contributed by atoms with Gasteiger partial charge in [0.05, 0.1) is 11.0 Å². The van der Waals surface area contributed by atoms with Crippen LogP contribution in [0.3, 0.4) is 0 Å². The van der Waals surface area contributed by atoms with E-state index in [0.29, 0.717) is 24.0 Å². The summed E-state index contributed by atoms with van der Waals surface area (Å²) in [5, 5.41) is 11.8. The molecule has 1 N–H and O–H groups in total. The largest absolute Gasteiger partial charge is 0.482 e. The summed E-state index contributed by atoms with van der Waals surface area (Å²) in [6.07, 6.45) is 8.69. The van der Waals surface area contributed by atoms with Crippen molar-refractivity contribution in [1.82, 2.24) is 4.90 Å². The standard InChI is InChI=1S/C27H35NO5/c1-6-9-24(3,30)19-15-25-10-11-27(19,31-5)23-26(25)12-13-28(4)20(25)14-17-7-8-18(32-16(2)29)22(33-23)21(17)26/h7-8,10-11,19-20,23,30H,6,9,12-15H2,1-5H3/t19?,20-,23+,24+,25-,26+,27?/m1/s1. The Kier molecular flexibility index (Phi) is 4.34. The number of nitrogens with zero attached hydrogens (tertiary/aromatic N) is 1. The molecule has 2 spiro atoms. The van der Waals surface area contributed by atoms with Gasteiger partial charge in [-0.15, -0.1) is 0 Å². The summed E-state index contributed by atoms with van der Waals surface area (Å²) in [5.74, 6) is 0.765. The number of carbonyl (C=O) groups excluding carboxylic acids is 1. The van der Waals surface area contributed by atoms with Crippen molar-refractivity contribution in [3.63, 3.8) is 0 Å². The second-order valence-corrected chi connectivity index (χ2v) is 11.2. The van der Waals surface area contributed by atoms with E-state index in [0.717, 1.165) is 32.2 Å². The van der Waals surface area contributed by atoms with E-state index in [1.165, 1.54) is 18.1 Å². The first kappa shape index (κ1) is 21.6. The Labute approximate surface area is 195 Å². The van der Waals surface area contributed by atoms with E-state index in [4.69, 9.17) is 14.2 Å². The number of ether oxygens (including phenoxy) is 3. The molecule has 1 saturated heterocycles. The van der Waals surface area contributed by atoms with E-state index < -0.39 is 11.2 Å². The highest BCUT2D eigenvalue weighted by Gasteiger charge is 2.80. The predicted octanol–water partition coefficient (Wildman–Crippen LogP) is 3.38. The topological polar surface area (TPSA) is 68.2 Å². The number of aliphatic hydroxyl groups is 1. The van der Waals surface area contributed by atoms with Gasteiger partial charge in [0.15, 0.2) is 11.5 Å². The minimum absolute atomic E-state index is 0.0971. The molecule has 0 amide bonds. The molecule has 178 valence electrons. The lowest BCUT2D eigenvalue weighted by molar-refractivity contribution is -0.247. The molecule has 33 heavy (non-hydrogen) atoms. The van der Waals surface area contributed by atoms with Gasteiger partial charge in [-0.1, -0.05) is 31.6 Å². The van der Waals surface area contributed by atoms with Crippen LogP contribution in [0.1, 0.15) is 57.6 Å². The molecule has 1 saturated carbocycles. The molecular formula is C27H35NO5. The van der Waals surface area contributed by atoms with Crippen molar-refractivity contribution in [2.45, 2.75) is 81.6 Å². The van der Waals surface area contributed by atoms with Gasteiger partial charge in [-0.3, -0.25) is 4.79 Å². The maximum absolute atomic E-state index is 11.9. The van der Waals surface area contributed by atoms with Crippen molar-refractivity contribution in [1.29, 1.82) is 0 Å². The molecule has 2 fully saturated rings. The molecule has 2 unspecified atom stereocenters. The van der Waals surface area contributed by atoms with Gasteiger partial charge in [-0.25, -0.2) is 0 Å². The van der Waals surface area contributed by atoms with Gasteiger partial charge >= 0.3 is 5.97 Å². The second-order valence-electron chi connectivity index (χ2n) is 11.2. The first-order valence-electron chi connectivity index (χ1n) is 12.4. The summed E-state index contributed by atoms with van der Waals surface area (Å²) in [5.41, 5.74) is 0.452. The highest BCUT2D eigenvalue weighted by atomic mass is 16.6. The molecule has 0 radical (unpaired) electrons. The molecule has 4 aliphatic carbocycles. The van der Waals surface area contributed by atoms with Crippen molar-refractivity contribution < 1.29 is 24.1 Å². The molecule has 2 heterocycles. The van der Waals surface area contributed by atoms with Crippen molar-refractivity contribution in [2.75, 3.05) is 20.7 Å². The summed E-state index contributed by atoms with van der Waals surface area (Å²) in [7, 11) is 3.99. The predicted molar refractivity (Wildman–Crippen MR) is 124 cm³/mol. The van der Waals surface area contributed by atoms with Gasteiger partial charge in [-0.05, 0) is 57.8 Å². The fourth-order valence-electron chi connectivity index (χ4n) is 8.67. The van der Waals surface area contributed by atoms with Crippen LogP contribution in [0, 0.1) is 11.3 Å². The van der Waals surface area contributed by atoms with E-state index in [1.54, 1.807) is 7.11 Å². The van der Waals surface area contributed by atoms with Gasteiger partial charge in [-0.2, -0.15) is 0 Å². The summed E-state index contributed by atoms with van der Waals surface area (Å²) >= 11 is 0. The third-order valence-electron chi connectivity index (χ3n) is 9.82. The van der Waals surface area contributed by atoms with Crippen LogP contribution in [0.4, 0.5) is 0 Å². The fraction of sp³-hybridized carbons (Fsp3) is 0.667. The lowest BCUT2D eigenvalue weighted by Crippen LogP contribution is -2.80. The summed E-state index contributed by atoms with van der Waals surface area (Å²) in [6, 6.07) is 4.33. The number of hydrogen-bond donors (Lipinski definition) is 1. The zero-order valence-electron chi connectivity index (χ0n) is 20.3. The number of hydrogen-bond acceptors (Lipinski definition) is 6. The number of likely N-dealkylation sites (tertiary alicyclic amines) is 1. The quantitative estimate of drug-likeness (QED) is 0.419. The third kappa shape index (κ3) is 2.33. The average Bonchev–Trinajstić information content (AvgIpc) is 3.14. The molecule has 6 heteroatoms. The lowest BCUT2D eigenvalue weighted by Gasteiger charge is -2.72. The monoisotopic (exact) mass is 453 g/mol. The van der Waals surface area contributed by atoms with Gasteiger partial charge in [0, 0.05) is 37.0 Å². The number of benzene rings is 1. The molecule has 6 nitrogen and oxygen atoms in total. The molecule has 1 aromatic carbocycles. The van der Waals surface area contributed by atoms with E-state index >= 15 is 0 Å². The highest BCUT2D eigenvalue weighted by molar-refractivity contribution is 5.73. The van der Waals surface area contributed by atoms with Gasteiger partial charge in [0.1, 0.15) is 11.7 Å². The van der Waals surface area contributed by atoms with E-state index in [2.05, 4.69) is 37.1 Å². The minimum atomic E-state index is -0.881. The highest BCUT2D eigenvalue weighted by Crippen LogP contribution is 2.75. The van der Waals surface area contributed by atoms with Crippen LogP contribution in [0.25, 0.3) is 0 Å². The van der Waals surface area contributed by atoms with Crippen molar-refractivity contribution in [3.8, 4) is 11.5 Å². The molecule has 4 bridgehead atoms. The van der Waals surface area contributed by atoms with Crippen LogP contribution in [-0.4, -0.2) is 60.0 Å². The zero-order valence-corrected chi connectivity index (χ0v) is 20.3. The summed E-state index contributed by atoms with van der Waals surface area (Å²) < 4.78 is 18.9. The van der Waals surface area contributed by atoms with Crippen LogP contribution in [0.15, 0.2) is 24.3 Å². The summed E-state index contributed by atoms with van der Waals surface area (Å²) in [6.45, 7) is 6.50. The van der Waals surface area contributed by atoms with E-state index in [9.17, 15) is 9.90 Å². The van der Waals surface area contributed by atoms with Gasteiger partial charge in [0.25, 0.3) is 0 Å². The fourth-order valence-corrected chi connectivity index (χ4v) is 8.67. The number of likely N-dealkylation sites (N-methyl/N-ethyl adjacent to an activating group) is 1. The Bertz CT molecular complexity index is 1060. The maximum atomic E-state index is 11.9. The Morgan fingerprint density at radius 1 is 1.36 bits per heavy atom. The second kappa shape index (κ2) is 6.61. The molecular weight excluding hydrogens is 418 g/mol. The van der Waals surface area contributed by atoms with E-state index in [1.807, 2.05) is 13.0 Å². The minimum Gasteiger partial charge on any atom is -0.482 e. The summed E-state index contributed by atoms with van der Waals surface area (Å²) in [4.78, 5) is 14.4. The van der Waals surface area contributed by atoms with Crippen LogP contribution in [0.2, 0.25) is 0 Å². The number of piperidine rings is 1. The smallest absolute Gasteiger partial charge is 0.308 e. The van der Waals surface area contributed by atoms with E-state index in [-0.39, 0.29) is 28.8 Å². The Hall–Kier alpha value is -1.89. The number of carbonyl (C=O) groups is 1. The van der Waals surface area contributed by atoms with Gasteiger partial charge < -0.3 is 24.2 Å². The van der Waals surface area contributed by atoms with Crippen LogP contribution in [-0.2, 0) is 21.4 Å². The van der Waals surface area contributed by atoms with Crippen molar-refractivity contribution in [2.24, 2.45) is 11.3 Å².